The summed E-state index contributed by atoms with van der Waals surface area (Å²) < 4.78 is 5.68. The SMILES string of the molecule is CC(C)COc1cncc(N2CC[C@@]3(O)CCCC[C@@H]3C2)n1. The van der Waals surface area contributed by atoms with Gasteiger partial charge < -0.3 is 14.7 Å². The van der Waals surface area contributed by atoms with Crippen molar-refractivity contribution in [2.45, 2.75) is 51.6 Å². The molecule has 1 aliphatic carbocycles. The number of piperidine rings is 1. The number of nitrogens with zero attached hydrogens (tertiary/aromatic N) is 3. The fourth-order valence-corrected chi connectivity index (χ4v) is 3.59. The number of fused-ring (bicyclic) bond motifs is 1. The molecular weight excluding hydrogens is 278 g/mol. The fraction of sp³-hybridized carbons (Fsp3) is 0.765. The van der Waals surface area contributed by atoms with E-state index in [0.717, 1.165) is 44.6 Å². The van der Waals surface area contributed by atoms with Crippen LogP contribution in [0, 0.1) is 11.8 Å². The van der Waals surface area contributed by atoms with Crippen molar-refractivity contribution in [2.24, 2.45) is 11.8 Å². The van der Waals surface area contributed by atoms with Crippen LogP contribution in [0.15, 0.2) is 12.4 Å². The van der Waals surface area contributed by atoms with Crippen LogP contribution in [0.25, 0.3) is 0 Å². The van der Waals surface area contributed by atoms with Crippen molar-refractivity contribution in [1.82, 2.24) is 9.97 Å². The van der Waals surface area contributed by atoms with Crippen LogP contribution < -0.4 is 9.64 Å². The second-order valence-electron chi connectivity index (χ2n) is 7.16. The first-order valence-electron chi connectivity index (χ1n) is 8.49. The fourth-order valence-electron chi connectivity index (χ4n) is 3.59. The molecule has 5 heteroatoms. The highest BCUT2D eigenvalue weighted by Crippen LogP contribution is 2.40. The number of aliphatic hydroxyl groups is 1. The quantitative estimate of drug-likeness (QED) is 0.926. The molecule has 1 saturated heterocycles. The maximum atomic E-state index is 10.8. The van der Waals surface area contributed by atoms with Gasteiger partial charge in [0.2, 0.25) is 5.88 Å². The average molecular weight is 305 g/mol. The molecule has 2 fully saturated rings. The smallest absolute Gasteiger partial charge is 0.234 e. The average Bonchev–Trinajstić information content (AvgIpc) is 2.52. The van der Waals surface area contributed by atoms with Gasteiger partial charge in [0.15, 0.2) is 5.82 Å². The molecule has 3 rings (SSSR count). The molecule has 0 spiro atoms. The van der Waals surface area contributed by atoms with E-state index in [4.69, 9.17) is 4.74 Å². The molecule has 1 aromatic rings. The van der Waals surface area contributed by atoms with E-state index in [0.29, 0.717) is 24.3 Å². The molecule has 1 saturated carbocycles. The number of aromatic nitrogens is 2. The summed E-state index contributed by atoms with van der Waals surface area (Å²) in [4.78, 5) is 11.1. The highest BCUT2D eigenvalue weighted by atomic mass is 16.5. The first-order chi connectivity index (χ1) is 10.6. The Balaban J connectivity index is 1.68. The Hall–Kier alpha value is -1.36. The van der Waals surface area contributed by atoms with Gasteiger partial charge in [0.25, 0.3) is 0 Å². The lowest BCUT2D eigenvalue weighted by Crippen LogP contribution is -2.53. The van der Waals surface area contributed by atoms with Crippen LogP contribution in [-0.4, -0.2) is 40.4 Å². The Labute approximate surface area is 132 Å². The summed E-state index contributed by atoms with van der Waals surface area (Å²) in [5, 5.41) is 10.8. The summed E-state index contributed by atoms with van der Waals surface area (Å²) in [6, 6.07) is 0. The van der Waals surface area contributed by atoms with Gasteiger partial charge in [0.1, 0.15) is 0 Å². The Morgan fingerprint density at radius 2 is 2.23 bits per heavy atom. The van der Waals surface area contributed by atoms with Gasteiger partial charge in [-0.25, -0.2) is 0 Å². The first-order valence-corrected chi connectivity index (χ1v) is 8.49. The van der Waals surface area contributed by atoms with Crippen molar-refractivity contribution in [3.8, 4) is 5.88 Å². The lowest BCUT2D eigenvalue weighted by molar-refractivity contribution is -0.0613. The van der Waals surface area contributed by atoms with Crippen LogP contribution in [0.1, 0.15) is 46.0 Å². The molecule has 1 aromatic heterocycles. The van der Waals surface area contributed by atoms with E-state index >= 15 is 0 Å². The van der Waals surface area contributed by atoms with E-state index in [1.165, 1.54) is 6.42 Å². The van der Waals surface area contributed by atoms with Crippen LogP contribution in [0.2, 0.25) is 0 Å². The van der Waals surface area contributed by atoms with Gasteiger partial charge in [0, 0.05) is 19.0 Å². The third-order valence-electron chi connectivity index (χ3n) is 4.92. The number of rotatable bonds is 4. The molecule has 0 bridgehead atoms. The van der Waals surface area contributed by atoms with Crippen molar-refractivity contribution in [1.29, 1.82) is 0 Å². The molecule has 0 unspecified atom stereocenters. The van der Waals surface area contributed by atoms with Gasteiger partial charge in [-0.15, -0.1) is 0 Å². The summed E-state index contributed by atoms with van der Waals surface area (Å²) in [5.74, 6) is 2.29. The van der Waals surface area contributed by atoms with Crippen molar-refractivity contribution in [3.63, 3.8) is 0 Å². The summed E-state index contributed by atoms with van der Waals surface area (Å²) in [6.07, 6.45) is 8.76. The minimum absolute atomic E-state index is 0.358. The summed E-state index contributed by atoms with van der Waals surface area (Å²) in [6.45, 7) is 6.60. The first kappa shape index (κ1) is 15.5. The van der Waals surface area contributed by atoms with Crippen LogP contribution in [0.3, 0.4) is 0 Å². The third kappa shape index (κ3) is 3.35. The largest absolute Gasteiger partial charge is 0.476 e. The zero-order valence-electron chi connectivity index (χ0n) is 13.7. The van der Waals surface area contributed by atoms with Gasteiger partial charge in [-0.3, -0.25) is 4.98 Å². The minimum Gasteiger partial charge on any atom is -0.476 e. The summed E-state index contributed by atoms with van der Waals surface area (Å²) in [5.41, 5.74) is -0.450. The van der Waals surface area contributed by atoms with Gasteiger partial charge in [0.05, 0.1) is 24.6 Å². The van der Waals surface area contributed by atoms with Crippen LogP contribution >= 0.6 is 0 Å². The number of hydrogen-bond donors (Lipinski definition) is 1. The molecule has 1 N–H and O–H groups in total. The van der Waals surface area contributed by atoms with E-state index in [-0.39, 0.29) is 0 Å². The van der Waals surface area contributed by atoms with E-state index < -0.39 is 5.60 Å². The number of ether oxygens (including phenoxy) is 1. The Morgan fingerprint density at radius 3 is 3.05 bits per heavy atom. The van der Waals surface area contributed by atoms with Gasteiger partial charge in [-0.2, -0.15) is 4.98 Å². The van der Waals surface area contributed by atoms with Crippen LogP contribution in [-0.2, 0) is 0 Å². The molecule has 22 heavy (non-hydrogen) atoms. The van der Waals surface area contributed by atoms with E-state index in [1.54, 1.807) is 12.4 Å². The van der Waals surface area contributed by atoms with E-state index in [2.05, 4.69) is 28.7 Å². The van der Waals surface area contributed by atoms with Crippen LogP contribution in [0.4, 0.5) is 5.82 Å². The highest BCUT2D eigenvalue weighted by Gasteiger charge is 2.43. The molecule has 122 valence electrons. The zero-order chi connectivity index (χ0) is 15.6. The van der Waals surface area contributed by atoms with Crippen molar-refractivity contribution < 1.29 is 9.84 Å². The normalized spacial score (nSPS) is 28.5. The molecular formula is C17H27N3O2. The standard InChI is InChI=1S/C17H27N3O2/c1-13(2)12-22-16-10-18-9-15(19-16)20-8-7-17(21)6-4-3-5-14(17)11-20/h9-10,13-14,21H,3-8,11-12H2,1-2H3/t14-,17+/m1/s1. The van der Waals surface area contributed by atoms with Gasteiger partial charge in [-0.05, 0) is 25.2 Å². The minimum atomic E-state index is -0.450. The second kappa shape index (κ2) is 6.41. The molecule has 0 amide bonds. The molecule has 2 aliphatic rings. The monoisotopic (exact) mass is 305 g/mol. The number of hydrogen-bond acceptors (Lipinski definition) is 5. The van der Waals surface area contributed by atoms with Crippen molar-refractivity contribution >= 4 is 5.82 Å². The summed E-state index contributed by atoms with van der Waals surface area (Å²) >= 11 is 0. The predicted octanol–water partition coefficient (Wildman–Crippen LogP) is 2.64. The molecule has 5 nitrogen and oxygen atoms in total. The second-order valence-corrected chi connectivity index (χ2v) is 7.16. The molecule has 2 heterocycles. The Bertz CT molecular complexity index is 508. The highest BCUT2D eigenvalue weighted by molar-refractivity contribution is 5.39. The Morgan fingerprint density at radius 1 is 1.36 bits per heavy atom. The molecule has 0 radical (unpaired) electrons. The van der Waals surface area contributed by atoms with Gasteiger partial charge in [-0.1, -0.05) is 26.7 Å². The van der Waals surface area contributed by atoms with Crippen LogP contribution in [0.5, 0.6) is 5.88 Å². The van der Waals surface area contributed by atoms with Crippen molar-refractivity contribution in [2.75, 3.05) is 24.6 Å². The number of anilines is 1. The third-order valence-corrected chi connectivity index (χ3v) is 4.92. The lowest BCUT2D eigenvalue weighted by atomic mass is 9.71. The molecule has 0 aromatic carbocycles. The maximum absolute atomic E-state index is 10.8. The molecule has 1 aliphatic heterocycles. The zero-order valence-corrected chi connectivity index (χ0v) is 13.7. The van der Waals surface area contributed by atoms with E-state index in [9.17, 15) is 5.11 Å². The summed E-state index contributed by atoms with van der Waals surface area (Å²) in [7, 11) is 0. The predicted molar refractivity (Wildman–Crippen MR) is 86.1 cm³/mol. The topological polar surface area (TPSA) is 58.5 Å². The van der Waals surface area contributed by atoms with E-state index in [1.807, 2.05) is 0 Å². The maximum Gasteiger partial charge on any atom is 0.234 e. The van der Waals surface area contributed by atoms with Crippen molar-refractivity contribution in [3.05, 3.63) is 12.4 Å². The Kier molecular flexibility index (Phi) is 4.52. The van der Waals surface area contributed by atoms with Gasteiger partial charge >= 0.3 is 0 Å². The molecule has 2 atom stereocenters. The lowest BCUT2D eigenvalue weighted by Gasteiger charge is -2.47.